The zero-order valence-corrected chi connectivity index (χ0v) is 20.7. The maximum Gasteiger partial charge on any atom is 0.222 e. The van der Waals surface area contributed by atoms with Crippen LogP contribution < -0.4 is 15.4 Å². The summed E-state index contributed by atoms with van der Waals surface area (Å²) < 4.78 is 10.6. The molecule has 1 aliphatic heterocycles. The van der Waals surface area contributed by atoms with Crippen molar-refractivity contribution in [3.05, 3.63) is 29.8 Å². The lowest BCUT2D eigenvalue weighted by atomic mass is 10.2. The van der Waals surface area contributed by atoms with Crippen molar-refractivity contribution in [3.8, 4) is 5.75 Å². The smallest absolute Gasteiger partial charge is 0.222 e. The first-order valence-corrected chi connectivity index (χ1v) is 10.7. The molecule has 2 rings (SSSR count). The summed E-state index contributed by atoms with van der Waals surface area (Å²) in [4.78, 5) is 18.7. The van der Waals surface area contributed by atoms with Crippen molar-refractivity contribution in [2.24, 2.45) is 4.99 Å². The summed E-state index contributed by atoms with van der Waals surface area (Å²) in [5.74, 6) is 1.94. The largest absolute Gasteiger partial charge is 0.491 e. The minimum atomic E-state index is 0. The number of nitrogens with zero attached hydrogens (tertiary/aromatic N) is 2. The van der Waals surface area contributed by atoms with Gasteiger partial charge in [-0.25, -0.2) is 4.99 Å². The third-order valence-corrected chi connectivity index (χ3v) is 4.81. The molecule has 1 heterocycles. The molecule has 7 nitrogen and oxygen atoms in total. The number of carbonyl (C=O) groups excluding carboxylic acids is 1. The van der Waals surface area contributed by atoms with E-state index in [0.29, 0.717) is 32.1 Å². The molecule has 8 heteroatoms. The fourth-order valence-electron chi connectivity index (χ4n) is 3.20. The normalized spacial score (nSPS) is 14.7. The highest BCUT2D eigenvalue weighted by molar-refractivity contribution is 14.0. The molecule has 170 valence electrons. The van der Waals surface area contributed by atoms with Crippen LogP contribution in [0, 0.1) is 0 Å². The standard InChI is InChI=1S/C22H36N4O3.HI/c1-3-23-22(24-13-7-15-26-14-6-4-5-8-21(26)27)25-18-19-9-11-20(12-10-19)29-17-16-28-2;/h9-12H,3-8,13-18H2,1-2H3,(H2,23,24,25);1H. The van der Waals surface area contributed by atoms with Crippen molar-refractivity contribution in [1.29, 1.82) is 0 Å². The van der Waals surface area contributed by atoms with Crippen LogP contribution in [0.25, 0.3) is 0 Å². The van der Waals surface area contributed by atoms with Gasteiger partial charge in [-0.1, -0.05) is 18.6 Å². The Morgan fingerprint density at radius 3 is 2.67 bits per heavy atom. The number of rotatable bonds is 11. The minimum Gasteiger partial charge on any atom is -0.491 e. The van der Waals surface area contributed by atoms with E-state index >= 15 is 0 Å². The van der Waals surface area contributed by atoms with Gasteiger partial charge in [0.15, 0.2) is 5.96 Å². The molecule has 1 aliphatic rings. The minimum absolute atomic E-state index is 0. The van der Waals surface area contributed by atoms with Crippen LogP contribution in [0.2, 0.25) is 0 Å². The van der Waals surface area contributed by atoms with Crippen LogP contribution in [0.15, 0.2) is 29.3 Å². The second kappa shape index (κ2) is 16.2. The van der Waals surface area contributed by atoms with Gasteiger partial charge in [-0.3, -0.25) is 4.79 Å². The van der Waals surface area contributed by atoms with Gasteiger partial charge in [0.1, 0.15) is 12.4 Å². The first-order chi connectivity index (χ1) is 14.2. The highest BCUT2D eigenvalue weighted by Gasteiger charge is 2.15. The molecule has 0 aromatic heterocycles. The number of hydrogen-bond acceptors (Lipinski definition) is 4. The second-order valence-corrected chi connectivity index (χ2v) is 7.15. The van der Waals surface area contributed by atoms with E-state index in [-0.39, 0.29) is 24.0 Å². The molecule has 0 unspecified atom stereocenters. The number of aliphatic imine (C=N–C) groups is 1. The number of benzene rings is 1. The lowest BCUT2D eigenvalue weighted by Gasteiger charge is -2.20. The zero-order valence-electron chi connectivity index (χ0n) is 18.3. The summed E-state index contributed by atoms with van der Waals surface area (Å²) in [7, 11) is 1.66. The molecule has 30 heavy (non-hydrogen) atoms. The summed E-state index contributed by atoms with van der Waals surface area (Å²) in [6.07, 6.45) is 4.94. The fraction of sp³-hybridized carbons (Fsp3) is 0.636. The number of amides is 1. The monoisotopic (exact) mass is 532 g/mol. The average Bonchev–Trinajstić information content (AvgIpc) is 2.94. The van der Waals surface area contributed by atoms with Gasteiger partial charge in [-0.15, -0.1) is 24.0 Å². The van der Waals surface area contributed by atoms with E-state index < -0.39 is 0 Å². The van der Waals surface area contributed by atoms with Crippen LogP contribution in [-0.4, -0.2) is 63.3 Å². The Balaban J connectivity index is 0.00000450. The van der Waals surface area contributed by atoms with Gasteiger partial charge in [-0.2, -0.15) is 0 Å². The molecule has 0 atom stereocenters. The Hall–Kier alpha value is -1.55. The third kappa shape index (κ3) is 10.5. The van der Waals surface area contributed by atoms with Gasteiger partial charge in [0.25, 0.3) is 0 Å². The molecule has 1 amide bonds. The van der Waals surface area contributed by atoms with Gasteiger partial charge >= 0.3 is 0 Å². The summed E-state index contributed by atoms with van der Waals surface area (Å²) >= 11 is 0. The summed E-state index contributed by atoms with van der Waals surface area (Å²) in [6.45, 7) is 7.09. The van der Waals surface area contributed by atoms with Crippen LogP contribution in [0.4, 0.5) is 0 Å². The molecule has 0 aliphatic carbocycles. The lowest BCUT2D eigenvalue weighted by Crippen LogP contribution is -2.39. The molecule has 1 aromatic carbocycles. The Bertz CT molecular complexity index is 625. The number of likely N-dealkylation sites (tertiary alicyclic amines) is 1. The molecular formula is C22H37IN4O3. The fourth-order valence-corrected chi connectivity index (χ4v) is 3.20. The Labute approximate surface area is 198 Å². The third-order valence-electron chi connectivity index (χ3n) is 4.81. The molecule has 1 aromatic rings. The first-order valence-electron chi connectivity index (χ1n) is 10.7. The van der Waals surface area contributed by atoms with E-state index in [1.807, 2.05) is 29.2 Å². The van der Waals surface area contributed by atoms with Crippen molar-refractivity contribution in [3.63, 3.8) is 0 Å². The highest BCUT2D eigenvalue weighted by Crippen LogP contribution is 2.13. The lowest BCUT2D eigenvalue weighted by molar-refractivity contribution is -0.130. The first kappa shape index (κ1) is 26.5. The van der Waals surface area contributed by atoms with Crippen LogP contribution in [0.5, 0.6) is 5.75 Å². The van der Waals surface area contributed by atoms with Crippen molar-refractivity contribution in [1.82, 2.24) is 15.5 Å². The van der Waals surface area contributed by atoms with E-state index in [1.54, 1.807) is 7.11 Å². The SMILES string of the molecule is CCNC(=NCc1ccc(OCCOC)cc1)NCCCN1CCCCCC1=O.I. The predicted molar refractivity (Wildman–Crippen MR) is 132 cm³/mol. The average molecular weight is 532 g/mol. The maximum absolute atomic E-state index is 12.1. The van der Waals surface area contributed by atoms with Crippen LogP contribution in [0.3, 0.4) is 0 Å². The van der Waals surface area contributed by atoms with E-state index in [9.17, 15) is 4.79 Å². The zero-order chi connectivity index (χ0) is 20.7. The quantitative estimate of drug-likeness (QED) is 0.198. The number of nitrogens with one attached hydrogen (secondary N) is 2. The molecular weight excluding hydrogens is 495 g/mol. The summed E-state index contributed by atoms with van der Waals surface area (Å²) in [5.41, 5.74) is 1.12. The van der Waals surface area contributed by atoms with Gasteiger partial charge in [-0.05, 0) is 43.9 Å². The van der Waals surface area contributed by atoms with E-state index in [4.69, 9.17) is 9.47 Å². The van der Waals surface area contributed by atoms with Crippen molar-refractivity contribution < 1.29 is 14.3 Å². The molecule has 0 spiro atoms. The molecule has 1 saturated heterocycles. The molecule has 0 saturated carbocycles. The highest BCUT2D eigenvalue weighted by atomic mass is 127. The van der Waals surface area contributed by atoms with E-state index in [2.05, 4.69) is 22.5 Å². The topological polar surface area (TPSA) is 75.2 Å². The van der Waals surface area contributed by atoms with E-state index in [0.717, 1.165) is 69.1 Å². The Kier molecular flexibility index (Phi) is 14.3. The second-order valence-electron chi connectivity index (χ2n) is 7.15. The number of guanidine groups is 1. The van der Waals surface area contributed by atoms with Gasteiger partial charge < -0.3 is 25.0 Å². The Morgan fingerprint density at radius 1 is 1.13 bits per heavy atom. The number of methoxy groups -OCH3 is 1. The molecule has 1 fully saturated rings. The number of halogens is 1. The summed E-state index contributed by atoms with van der Waals surface area (Å²) in [5, 5.41) is 6.64. The van der Waals surface area contributed by atoms with Crippen LogP contribution in [0.1, 0.15) is 44.6 Å². The van der Waals surface area contributed by atoms with Crippen molar-refractivity contribution >= 4 is 35.8 Å². The van der Waals surface area contributed by atoms with Gasteiger partial charge in [0.05, 0.1) is 13.2 Å². The number of hydrogen-bond donors (Lipinski definition) is 2. The van der Waals surface area contributed by atoms with E-state index in [1.165, 1.54) is 0 Å². The van der Waals surface area contributed by atoms with Crippen molar-refractivity contribution in [2.75, 3.05) is 46.5 Å². The number of ether oxygens (including phenoxy) is 2. The molecule has 0 radical (unpaired) electrons. The van der Waals surface area contributed by atoms with Crippen LogP contribution >= 0.6 is 24.0 Å². The Morgan fingerprint density at radius 2 is 1.93 bits per heavy atom. The van der Waals surface area contributed by atoms with Gasteiger partial charge in [0, 0.05) is 39.7 Å². The molecule has 0 bridgehead atoms. The summed E-state index contributed by atoms with van der Waals surface area (Å²) in [6, 6.07) is 7.97. The van der Waals surface area contributed by atoms with Crippen molar-refractivity contribution in [2.45, 2.75) is 45.6 Å². The predicted octanol–water partition coefficient (Wildman–Crippen LogP) is 3.18. The molecule has 2 N–H and O–H groups in total. The maximum atomic E-state index is 12.1. The van der Waals surface area contributed by atoms with Crippen LogP contribution in [-0.2, 0) is 16.1 Å². The number of carbonyl (C=O) groups is 1. The van der Waals surface area contributed by atoms with Gasteiger partial charge in [0.2, 0.25) is 5.91 Å².